The predicted octanol–water partition coefficient (Wildman–Crippen LogP) is 3.96. The van der Waals surface area contributed by atoms with Crippen molar-refractivity contribution in [2.45, 2.75) is 13.5 Å². The van der Waals surface area contributed by atoms with E-state index in [4.69, 9.17) is 4.74 Å². The first kappa shape index (κ1) is 18.2. The van der Waals surface area contributed by atoms with E-state index in [1.807, 2.05) is 12.1 Å². The van der Waals surface area contributed by atoms with Gasteiger partial charge in [0, 0.05) is 0 Å². The molecule has 2 aromatic rings. The van der Waals surface area contributed by atoms with Crippen molar-refractivity contribution < 1.29 is 14.3 Å². The molecule has 0 bridgehead atoms. The summed E-state index contributed by atoms with van der Waals surface area (Å²) in [6, 6.07) is 11.6. The van der Waals surface area contributed by atoms with Gasteiger partial charge < -0.3 is 10.1 Å². The number of halogens is 2. The van der Waals surface area contributed by atoms with Gasteiger partial charge in [0.1, 0.15) is 18.1 Å². The Balaban J connectivity index is 1.78. The van der Waals surface area contributed by atoms with Crippen LogP contribution in [-0.2, 0) is 11.4 Å². The van der Waals surface area contributed by atoms with Crippen molar-refractivity contribution in [1.29, 1.82) is 0 Å². The van der Waals surface area contributed by atoms with Crippen molar-refractivity contribution in [2.75, 3.05) is 0 Å². The Labute approximate surface area is 172 Å². The minimum atomic E-state index is -0.501. The Morgan fingerprint density at radius 3 is 2.24 bits per heavy atom. The van der Waals surface area contributed by atoms with E-state index in [0.717, 1.165) is 24.0 Å². The van der Waals surface area contributed by atoms with Gasteiger partial charge in [0.25, 0.3) is 5.91 Å². The number of rotatable bonds is 4. The summed E-state index contributed by atoms with van der Waals surface area (Å²) in [4.78, 5) is 22.8. The molecular weight excluding hydrogens is 546 g/mol. The van der Waals surface area contributed by atoms with Gasteiger partial charge in [0.2, 0.25) is 0 Å². The van der Waals surface area contributed by atoms with Crippen LogP contribution in [0.15, 0.2) is 42.1 Å². The first-order chi connectivity index (χ1) is 11.9. The summed E-state index contributed by atoms with van der Waals surface area (Å²) in [6.45, 7) is 2.54. The first-order valence-corrected chi connectivity index (χ1v) is 9.59. The number of amides is 3. The van der Waals surface area contributed by atoms with E-state index >= 15 is 0 Å². The molecular formula is C18H14I2N2O3. The van der Waals surface area contributed by atoms with Gasteiger partial charge in [-0.05, 0) is 81.4 Å². The van der Waals surface area contributed by atoms with E-state index in [0.29, 0.717) is 6.61 Å². The second kappa shape index (κ2) is 7.73. The fraction of sp³-hybridized carbons (Fsp3) is 0.111. The number of ether oxygens (including phenoxy) is 1. The van der Waals surface area contributed by atoms with Crippen LogP contribution in [-0.4, -0.2) is 11.9 Å². The summed E-state index contributed by atoms with van der Waals surface area (Å²) in [7, 11) is 0. The lowest BCUT2D eigenvalue weighted by Crippen LogP contribution is -2.22. The highest BCUT2D eigenvalue weighted by molar-refractivity contribution is 14.1. The Morgan fingerprint density at radius 2 is 1.68 bits per heavy atom. The molecule has 3 amide bonds. The van der Waals surface area contributed by atoms with E-state index < -0.39 is 11.9 Å². The molecule has 0 unspecified atom stereocenters. The minimum absolute atomic E-state index is 0.241. The Hall–Kier alpha value is -1.62. The van der Waals surface area contributed by atoms with Crippen LogP contribution in [0.5, 0.6) is 5.75 Å². The number of urea groups is 1. The molecule has 7 heteroatoms. The minimum Gasteiger partial charge on any atom is -0.487 e. The molecule has 2 aromatic carbocycles. The SMILES string of the molecule is Cc1ccc(COc2c(I)cc(/C=C3/NC(=O)NC3=O)cc2I)cc1. The lowest BCUT2D eigenvalue weighted by molar-refractivity contribution is -0.115. The Kier molecular flexibility index (Phi) is 5.62. The molecule has 3 rings (SSSR count). The van der Waals surface area contributed by atoms with Gasteiger partial charge in [0.15, 0.2) is 0 Å². The van der Waals surface area contributed by atoms with E-state index in [1.54, 1.807) is 6.08 Å². The van der Waals surface area contributed by atoms with Gasteiger partial charge in [-0.3, -0.25) is 10.1 Å². The molecule has 1 fully saturated rings. The molecule has 128 valence electrons. The van der Waals surface area contributed by atoms with Crippen molar-refractivity contribution in [2.24, 2.45) is 0 Å². The van der Waals surface area contributed by atoms with Crippen LogP contribution in [0.25, 0.3) is 6.08 Å². The summed E-state index contributed by atoms with van der Waals surface area (Å²) in [6.07, 6.45) is 1.65. The van der Waals surface area contributed by atoms with Gasteiger partial charge in [-0.15, -0.1) is 0 Å². The van der Waals surface area contributed by atoms with Crippen molar-refractivity contribution >= 4 is 63.2 Å². The van der Waals surface area contributed by atoms with Gasteiger partial charge in [0.05, 0.1) is 7.14 Å². The highest BCUT2D eigenvalue weighted by Gasteiger charge is 2.23. The molecule has 0 radical (unpaired) electrons. The zero-order valence-corrected chi connectivity index (χ0v) is 17.5. The number of nitrogens with one attached hydrogen (secondary N) is 2. The third-order valence-electron chi connectivity index (χ3n) is 3.56. The third-order valence-corrected chi connectivity index (χ3v) is 5.16. The summed E-state index contributed by atoms with van der Waals surface area (Å²) in [5.74, 6) is 0.388. The lowest BCUT2D eigenvalue weighted by Gasteiger charge is -2.12. The van der Waals surface area contributed by atoms with Crippen LogP contribution in [0.4, 0.5) is 4.79 Å². The van der Waals surface area contributed by atoms with Gasteiger partial charge >= 0.3 is 6.03 Å². The number of hydrogen-bond acceptors (Lipinski definition) is 3. The topological polar surface area (TPSA) is 67.4 Å². The summed E-state index contributed by atoms with van der Waals surface area (Å²) < 4.78 is 7.85. The van der Waals surface area contributed by atoms with E-state index in [1.165, 1.54) is 5.56 Å². The van der Waals surface area contributed by atoms with Crippen molar-refractivity contribution in [3.05, 3.63) is 65.9 Å². The number of carbonyl (C=O) groups is 2. The standard InChI is InChI=1S/C18H14I2N2O3/c1-10-2-4-11(5-3-10)9-25-16-13(19)6-12(7-14(16)20)8-15-17(23)22-18(24)21-15/h2-8H,9H2,1H3,(H2,21,22,23,24)/b15-8+. The van der Waals surface area contributed by atoms with Crippen LogP contribution < -0.4 is 15.4 Å². The molecule has 2 N–H and O–H groups in total. The highest BCUT2D eigenvalue weighted by atomic mass is 127. The zero-order chi connectivity index (χ0) is 18.0. The number of benzene rings is 2. The maximum atomic E-state index is 11.6. The molecule has 1 aliphatic rings. The average molecular weight is 560 g/mol. The lowest BCUT2D eigenvalue weighted by atomic mass is 10.1. The van der Waals surface area contributed by atoms with Gasteiger partial charge in [-0.2, -0.15) is 0 Å². The molecule has 0 spiro atoms. The van der Waals surface area contributed by atoms with Crippen LogP contribution in [0, 0.1) is 14.1 Å². The van der Waals surface area contributed by atoms with Gasteiger partial charge in [-0.1, -0.05) is 29.8 Å². The number of hydrogen-bond donors (Lipinski definition) is 2. The number of carbonyl (C=O) groups excluding carboxylic acids is 2. The number of imide groups is 1. The molecule has 1 aliphatic heterocycles. The van der Waals surface area contributed by atoms with Gasteiger partial charge in [-0.25, -0.2) is 4.79 Å². The van der Waals surface area contributed by atoms with Crippen LogP contribution in [0.1, 0.15) is 16.7 Å². The Morgan fingerprint density at radius 1 is 1.04 bits per heavy atom. The first-order valence-electron chi connectivity index (χ1n) is 7.44. The normalized spacial score (nSPS) is 15.2. The predicted molar refractivity (Wildman–Crippen MR) is 112 cm³/mol. The maximum absolute atomic E-state index is 11.6. The molecule has 0 atom stereocenters. The van der Waals surface area contributed by atoms with E-state index in [9.17, 15) is 9.59 Å². The fourth-order valence-corrected chi connectivity index (χ4v) is 4.42. The third kappa shape index (κ3) is 4.51. The highest BCUT2D eigenvalue weighted by Crippen LogP contribution is 2.30. The zero-order valence-electron chi connectivity index (χ0n) is 13.2. The fourth-order valence-electron chi connectivity index (χ4n) is 2.29. The van der Waals surface area contributed by atoms with Crippen molar-refractivity contribution in [3.63, 3.8) is 0 Å². The largest absolute Gasteiger partial charge is 0.487 e. The molecule has 5 nitrogen and oxygen atoms in total. The van der Waals surface area contributed by atoms with E-state index in [-0.39, 0.29) is 5.70 Å². The second-order valence-corrected chi connectivity index (χ2v) is 7.88. The molecule has 0 aliphatic carbocycles. The summed E-state index contributed by atoms with van der Waals surface area (Å²) >= 11 is 4.42. The maximum Gasteiger partial charge on any atom is 0.326 e. The Bertz CT molecular complexity index is 853. The van der Waals surface area contributed by atoms with Crippen LogP contribution in [0.2, 0.25) is 0 Å². The monoisotopic (exact) mass is 560 g/mol. The molecule has 1 saturated heterocycles. The molecule has 0 aromatic heterocycles. The van der Waals surface area contributed by atoms with Crippen LogP contribution in [0.3, 0.4) is 0 Å². The smallest absolute Gasteiger partial charge is 0.326 e. The molecule has 1 heterocycles. The quantitative estimate of drug-likeness (QED) is 0.338. The van der Waals surface area contributed by atoms with E-state index in [2.05, 4.69) is 87.0 Å². The second-order valence-electron chi connectivity index (χ2n) is 5.55. The summed E-state index contributed by atoms with van der Waals surface area (Å²) in [5.41, 5.74) is 3.39. The van der Waals surface area contributed by atoms with Crippen LogP contribution >= 0.6 is 45.2 Å². The molecule has 25 heavy (non-hydrogen) atoms. The summed E-state index contributed by atoms with van der Waals surface area (Å²) in [5, 5.41) is 4.67. The van der Waals surface area contributed by atoms with Crippen molar-refractivity contribution in [1.82, 2.24) is 10.6 Å². The molecule has 0 saturated carbocycles. The van der Waals surface area contributed by atoms with Crippen molar-refractivity contribution in [3.8, 4) is 5.75 Å². The number of aryl methyl sites for hydroxylation is 1. The average Bonchev–Trinajstić information content (AvgIpc) is 2.86.